The minimum atomic E-state index is -0.459. The number of fused-ring (bicyclic) bond motifs is 1. The van der Waals surface area contributed by atoms with Gasteiger partial charge in [0.2, 0.25) is 0 Å². The van der Waals surface area contributed by atoms with Crippen LogP contribution in [0.25, 0.3) is 33.7 Å². The van der Waals surface area contributed by atoms with Crippen LogP contribution in [0.15, 0.2) is 30.6 Å². The van der Waals surface area contributed by atoms with Crippen LogP contribution in [0.1, 0.15) is 6.92 Å². The van der Waals surface area contributed by atoms with E-state index in [1.54, 1.807) is 17.1 Å². The molecule has 0 bridgehead atoms. The fourth-order valence-electron chi connectivity index (χ4n) is 3.96. The van der Waals surface area contributed by atoms with Crippen LogP contribution in [0.2, 0.25) is 0 Å². The first kappa shape index (κ1) is 18.7. The standard InChI is InChI=1S/C20H23FN8O/c1-13-12-30-10-9-29(13)17-11-14(15-4-7-28(25-15)8-5-21)20-19(23-17)18(26-27(20)2)16-3-6-22-24-16/h3-4,6-7,11,13H,5,8-10,12H2,1-2H3,(H,22,24)/t13-/m1/s1. The molecular weight excluding hydrogens is 387 g/mol. The highest BCUT2D eigenvalue weighted by molar-refractivity contribution is 5.99. The molecule has 1 aliphatic rings. The number of pyridine rings is 1. The fourth-order valence-corrected chi connectivity index (χ4v) is 3.96. The van der Waals surface area contributed by atoms with Crippen molar-refractivity contribution in [3.05, 3.63) is 30.6 Å². The minimum absolute atomic E-state index is 0.202. The molecule has 4 aromatic heterocycles. The van der Waals surface area contributed by atoms with Crippen LogP contribution in [0.3, 0.4) is 0 Å². The Labute approximate surface area is 172 Å². The van der Waals surface area contributed by atoms with E-state index >= 15 is 0 Å². The molecule has 5 rings (SSSR count). The topological polar surface area (TPSA) is 89.7 Å². The summed E-state index contributed by atoms with van der Waals surface area (Å²) in [4.78, 5) is 7.24. The van der Waals surface area contributed by atoms with Crippen LogP contribution in [0, 0.1) is 0 Å². The zero-order chi connectivity index (χ0) is 20.7. The van der Waals surface area contributed by atoms with Crippen LogP contribution >= 0.6 is 0 Å². The van der Waals surface area contributed by atoms with Crippen molar-refractivity contribution in [2.24, 2.45) is 7.05 Å². The average molecular weight is 410 g/mol. The first-order valence-electron chi connectivity index (χ1n) is 9.97. The number of H-pyrrole nitrogens is 1. The van der Waals surface area contributed by atoms with Crippen molar-refractivity contribution in [2.75, 3.05) is 31.3 Å². The molecule has 30 heavy (non-hydrogen) atoms. The molecule has 1 saturated heterocycles. The molecule has 4 aromatic rings. The minimum Gasteiger partial charge on any atom is -0.377 e. The van der Waals surface area contributed by atoms with Gasteiger partial charge in [-0.1, -0.05) is 0 Å². The summed E-state index contributed by atoms with van der Waals surface area (Å²) >= 11 is 0. The summed E-state index contributed by atoms with van der Waals surface area (Å²) in [6, 6.07) is 6.03. The van der Waals surface area contributed by atoms with Crippen LogP contribution in [-0.2, 0) is 18.3 Å². The largest absolute Gasteiger partial charge is 0.377 e. The lowest BCUT2D eigenvalue weighted by atomic mass is 10.1. The number of hydrogen-bond donors (Lipinski definition) is 1. The van der Waals surface area contributed by atoms with Crippen molar-refractivity contribution >= 4 is 16.9 Å². The molecule has 1 N–H and O–H groups in total. The van der Waals surface area contributed by atoms with Gasteiger partial charge in [0.05, 0.1) is 42.7 Å². The van der Waals surface area contributed by atoms with E-state index < -0.39 is 6.67 Å². The summed E-state index contributed by atoms with van der Waals surface area (Å²) in [5.41, 5.74) is 4.85. The van der Waals surface area contributed by atoms with E-state index in [9.17, 15) is 4.39 Å². The van der Waals surface area contributed by atoms with Crippen LogP contribution < -0.4 is 4.90 Å². The highest BCUT2D eigenvalue weighted by Gasteiger charge is 2.25. The molecule has 1 fully saturated rings. The maximum Gasteiger partial charge on any atom is 0.136 e. The summed E-state index contributed by atoms with van der Waals surface area (Å²) in [5, 5.41) is 16.3. The number of aryl methyl sites for hydroxylation is 2. The van der Waals surface area contributed by atoms with Crippen molar-refractivity contribution in [3.63, 3.8) is 0 Å². The molecule has 1 aliphatic heterocycles. The van der Waals surface area contributed by atoms with Crippen LogP contribution in [-0.4, -0.2) is 67.2 Å². The number of ether oxygens (including phenoxy) is 1. The molecule has 0 aromatic carbocycles. The van der Waals surface area contributed by atoms with Crippen LogP contribution in [0.4, 0.5) is 10.2 Å². The van der Waals surface area contributed by atoms with Gasteiger partial charge in [-0.25, -0.2) is 9.37 Å². The number of anilines is 1. The third-order valence-electron chi connectivity index (χ3n) is 5.43. The van der Waals surface area contributed by atoms with Gasteiger partial charge in [-0.2, -0.15) is 15.3 Å². The number of aromatic nitrogens is 7. The second kappa shape index (κ2) is 7.52. The Hall–Kier alpha value is -3.27. The van der Waals surface area contributed by atoms with E-state index in [4.69, 9.17) is 14.8 Å². The van der Waals surface area contributed by atoms with E-state index in [1.165, 1.54) is 0 Å². The molecular formula is C20H23FN8O. The Morgan fingerprint density at radius 3 is 2.97 bits per heavy atom. The average Bonchev–Trinajstić information content (AvgIpc) is 3.49. The van der Waals surface area contributed by atoms with Crippen molar-refractivity contribution in [2.45, 2.75) is 19.5 Å². The Kier molecular flexibility index (Phi) is 4.70. The summed E-state index contributed by atoms with van der Waals surface area (Å²) < 4.78 is 21.8. The summed E-state index contributed by atoms with van der Waals surface area (Å²) in [5.74, 6) is 0.849. The van der Waals surface area contributed by atoms with Gasteiger partial charge in [-0.15, -0.1) is 0 Å². The third kappa shape index (κ3) is 3.13. The monoisotopic (exact) mass is 410 g/mol. The number of nitrogens with zero attached hydrogens (tertiary/aromatic N) is 7. The molecule has 0 spiro atoms. The number of alkyl halides is 1. The maximum absolute atomic E-state index is 12.8. The van der Waals surface area contributed by atoms with E-state index in [2.05, 4.69) is 27.1 Å². The molecule has 156 valence electrons. The molecule has 0 radical (unpaired) electrons. The third-order valence-corrected chi connectivity index (χ3v) is 5.43. The van der Waals surface area contributed by atoms with E-state index in [0.717, 1.165) is 46.0 Å². The molecule has 0 amide bonds. The Morgan fingerprint density at radius 1 is 1.30 bits per heavy atom. The zero-order valence-electron chi connectivity index (χ0n) is 16.9. The Morgan fingerprint density at radius 2 is 2.20 bits per heavy atom. The molecule has 0 aliphatic carbocycles. The highest BCUT2D eigenvalue weighted by atomic mass is 19.1. The fraction of sp³-hybridized carbons (Fsp3) is 0.400. The zero-order valence-corrected chi connectivity index (χ0v) is 16.9. The van der Waals surface area contributed by atoms with Gasteiger partial charge in [0, 0.05) is 31.5 Å². The van der Waals surface area contributed by atoms with Gasteiger partial charge in [-0.3, -0.25) is 14.5 Å². The van der Waals surface area contributed by atoms with Crippen molar-refractivity contribution in [3.8, 4) is 22.6 Å². The number of nitrogens with one attached hydrogen (secondary N) is 1. The lowest BCUT2D eigenvalue weighted by Gasteiger charge is -2.34. The van der Waals surface area contributed by atoms with E-state index in [0.29, 0.717) is 13.2 Å². The lowest BCUT2D eigenvalue weighted by molar-refractivity contribution is 0.0986. The maximum atomic E-state index is 12.8. The lowest BCUT2D eigenvalue weighted by Crippen LogP contribution is -2.44. The smallest absolute Gasteiger partial charge is 0.136 e. The van der Waals surface area contributed by atoms with E-state index in [1.807, 2.05) is 29.9 Å². The molecule has 9 nitrogen and oxygen atoms in total. The van der Waals surface area contributed by atoms with Gasteiger partial charge < -0.3 is 9.64 Å². The molecule has 5 heterocycles. The SMILES string of the molecule is C[C@@H]1COCCN1c1cc(-c2ccn(CCF)n2)c2c(n1)c(-c1ccn[nH]1)nn2C. The summed E-state index contributed by atoms with van der Waals surface area (Å²) in [6.07, 6.45) is 3.49. The van der Waals surface area contributed by atoms with Gasteiger partial charge in [0.25, 0.3) is 0 Å². The Balaban J connectivity index is 1.74. The summed E-state index contributed by atoms with van der Waals surface area (Å²) in [6.45, 7) is 3.96. The highest BCUT2D eigenvalue weighted by Crippen LogP contribution is 2.35. The molecule has 1 atom stereocenters. The summed E-state index contributed by atoms with van der Waals surface area (Å²) in [7, 11) is 1.89. The molecule has 10 heteroatoms. The number of morpholine rings is 1. The number of aromatic amines is 1. The first-order chi connectivity index (χ1) is 14.7. The quantitative estimate of drug-likeness (QED) is 0.544. The number of rotatable bonds is 5. The van der Waals surface area contributed by atoms with Gasteiger partial charge >= 0.3 is 0 Å². The first-order valence-corrected chi connectivity index (χ1v) is 9.97. The van der Waals surface area contributed by atoms with Crippen LogP contribution in [0.5, 0.6) is 0 Å². The normalized spacial score (nSPS) is 17.2. The van der Waals surface area contributed by atoms with Gasteiger partial charge in [0.15, 0.2) is 0 Å². The van der Waals surface area contributed by atoms with Crippen molar-refractivity contribution < 1.29 is 9.13 Å². The number of halogens is 1. The van der Waals surface area contributed by atoms with Gasteiger partial charge in [0.1, 0.15) is 23.7 Å². The van der Waals surface area contributed by atoms with Crippen molar-refractivity contribution in [1.29, 1.82) is 0 Å². The number of hydrogen-bond acceptors (Lipinski definition) is 6. The Bertz CT molecular complexity index is 1170. The molecule has 0 saturated carbocycles. The van der Waals surface area contributed by atoms with Gasteiger partial charge in [-0.05, 0) is 25.1 Å². The van der Waals surface area contributed by atoms with Crippen molar-refractivity contribution in [1.82, 2.24) is 34.7 Å². The predicted octanol–water partition coefficient (Wildman–Crippen LogP) is 2.42. The second-order valence-corrected chi connectivity index (χ2v) is 7.44. The second-order valence-electron chi connectivity index (χ2n) is 7.44. The molecule has 0 unspecified atom stereocenters. The predicted molar refractivity (Wildman–Crippen MR) is 111 cm³/mol. The van der Waals surface area contributed by atoms with E-state index in [-0.39, 0.29) is 12.6 Å².